The fourth-order valence-corrected chi connectivity index (χ4v) is 2.63. The fourth-order valence-electron chi connectivity index (χ4n) is 2.63. The van der Waals surface area contributed by atoms with Crippen LogP contribution in [0.5, 0.6) is 0 Å². The predicted molar refractivity (Wildman–Crippen MR) is 98.6 cm³/mol. The molecule has 1 atom stereocenters. The van der Waals surface area contributed by atoms with Crippen molar-refractivity contribution < 1.29 is 23.9 Å². The van der Waals surface area contributed by atoms with Gasteiger partial charge in [-0.05, 0) is 38.3 Å². The predicted octanol–water partition coefficient (Wildman–Crippen LogP) is 3.06. The lowest BCUT2D eigenvalue weighted by Gasteiger charge is -2.31. The van der Waals surface area contributed by atoms with Crippen LogP contribution in [0.25, 0.3) is 0 Å². The summed E-state index contributed by atoms with van der Waals surface area (Å²) in [6.45, 7) is 8.02. The van der Waals surface area contributed by atoms with E-state index in [1.807, 2.05) is 19.9 Å². The minimum atomic E-state index is -0.739. The van der Waals surface area contributed by atoms with Crippen LogP contribution in [0.3, 0.4) is 0 Å². The van der Waals surface area contributed by atoms with Crippen LogP contribution in [0.1, 0.15) is 50.9 Å². The molecule has 1 amide bonds. The van der Waals surface area contributed by atoms with Crippen molar-refractivity contribution in [3.05, 3.63) is 35.9 Å². The van der Waals surface area contributed by atoms with Crippen LogP contribution < -0.4 is 0 Å². The number of amides is 1. The summed E-state index contributed by atoms with van der Waals surface area (Å²) in [5.74, 6) is -0.966. The Bertz CT molecular complexity index is 585. The molecule has 0 N–H and O–H groups in total. The van der Waals surface area contributed by atoms with Crippen LogP contribution in [0.2, 0.25) is 0 Å². The first-order valence-electron chi connectivity index (χ1n) is 9.08. The molecule has 0 saturated carbocycles. The van der Waals surface area contributed by atoms with Crippen molar-refractivity contribution in [1.82, 2.24) is 4.90 Å². The molecule has 1 unspecified atom stereocenters. The molecule has 0 radical (unpaired) electrons. The first-order chi connectivity index (χ1) is 12.4. The molecule has 0 bridgehead atoms. The standard InChI is InChI=1S/C20H29NO5/c1-5-25-18(22)12-13-21(19(23)16-10-8-7-9-11-16)17(14-15(3)4)20(24)26-6-2/h7-11,15,17H,5-6,12-14H2,1-4H3. The van der Waals surface area contributed by atoms with E-state index in [9.17, 15) is 14.4 Å². The Hall–Kier alpha value is -2.37. The van der Waals surface area contributed by atoms with E-state index in [1.54, 1.807) is 38.1 Å². The zero-order valence-electron chi connectivity index (χ0n) is 16.1. The van der Waals surface area contributed by atoms with Crippen molar-refractivity contribution in [2.45, 2.75) is 46.6 Å². The molecular weight excluding hydrogens is 334 g/mol. The van der Waals surface area contributed by atoms with Gasteiger partial charge in [-0.3, -0.25) is 9.59 Å². The van der Waals surface area contributed by atoms with Gasteiger partial charge < -0.3 is 14.4 Å². The molecule has 26 heavy (non-hydrogen) atoms. The molecule has 6 nitrogen and oxygen atoms in total. The van der Waals surface area contributed by atoms with Gasteiger partial charge in [0, 0.05) is 12.1 Å². The molecule has 0 aliphatic carbocycles. The second-order valence-corrected chi connectivity index (χ2v) is 6.32. The van der Waals surface area contributed by atoms with Crippen molar-refractivity contribution in [3.8, 4) is 0 Å². The number of ether oxygens (including phenoxy) is 2. The first-order valence-corrected chi connectivity index (χ1v) is 9.08. The molecule has 0 spiro atoms. The number of carbonyl (C=O) groups is 3. The molecule has 6 heteroatoms. The Labute approximate surface area is 155 Å². The number of hydrogen-bond donors (Lipinski definition) is 0. The van der Waals surface area contributed by atoms with Crippen molar-refractivity contribution in [2.75, 3.05) is 19.8 Å². The molecule has 0 fully saturated rings. The third-order valence-corrected chi connectivity index (χ3v) is 3.77. The molecule has 0 aliphatic heterocycles. The van der Waals surface area contributed by atoms with E-state index in [-0.39, 0.29) is 38.0 Å². The first kappa shape index (κ1) is 21.7. The molecule has 1 aromatic carbocycles. The van der Waals surface area contributed by atoms with Crippen LogP contribution in [-0.4, -0.2) is 48.5 Å². The maximum absolute atomic E-state index is 13.0. The Morgan fingerprint density at radius 2 is 1.62 bits per heavy atom. The van der Waals surface area contributed by atoms with Gasteiger partial charge in [-0.15, -0.1) is 0 Å². The van der Waals surface area contributed by atoms with Gasteiger partial charge in [0.2, 0.25) is 0 Å². The average molecular weight is 363 g/mol. The fraction of sp³-hybridized carbons (Fsp3) is 0.550. The highest BCUT2D eigenvalue weighted by atomic mass is 16.5. The second kappa shape index (κ2) is 11.3. The van der Waals surface area contributed by atoms with Crippen molar-refractivity contribution in [3.63, 3.8) is 0 Å². The lowest BCUT2D eigenvalue weighted by Crippen LogP contribution is -2.47. The van der Waals surface area contributed by atoms with Crippen LogP contribution in [0, 0.1) is 5.92 Å². The van der Waals surface area contributed by atoms with Gasteiger partial charge in [0.05, 0.1) is 19.6 Å². The van der Waals surface area contributed by atoms with Gasteiger partial charge in [-0.1, -0.05) is 32.0 Å². The van der Waals surface area contributed by atoms with E-state index >= 15 is 0 Å². The molecule has 0 aliphatic rings. The van der Waals surface area contributed by atoms with E-state index in [4.69, 9.17) is 9.47 Å². The largest absolute Gasteiger partial charge is 0.466 e. The molecule has 0 aromatic heterocycles. The SMILES string of the molecule is CCOC(=O)CCN(C(=O)c1ccccc1)C(CC(C)C)C(=O)OCC. The minimum Gasteiger partial charge on any atom is -0.466 e. The summed E-state index contributed by atoms with van der Waals surface area (Å²) in [5.41, 5.74) is 0.467. The Morgan fingerprint density at radius 1 is 1.00 bits per heavy atom. The smallest absolute Gasteiger partial charge is 0.328 e. The molecule has 1 rings (SSSR count). The van der Waals surface area contributed by atoms with E-state index < -0.39 is 18.0 Å². The molecule has 1 aromatic rings. The average Bonchev–Trinajstić information content (AvgIpc) is 2.61. The summed E-state index contributed by atoms with van der Waals surface area (Å²) in [4.78, 5) is 38.7. The van der Waals surface area contributed by atoms with Crippen molar-refractivity contribution in [2.24, 2.45) is 5.92 Å². The third kappa shape index (κ3) is 6.86. The summed E-state index contributed by atoms with van der Waals surface area (Å²) in [6, 6.07) is 7.99. The summed E-state index contributed by atoms with van der Waals surface area (Å²) < 4.78 is 10.1. The Balaban J connectivity index is 3.10. The van der Waals surface area contributed by atoms with E-state index in [2.05, 4.69) is 0 Å². The lowest BCUT2D eigenvalue weighted by molar-refractivity contribution is -0.150. The van der Waals surface area contributed by atoms with E-state index in [0.717, 1.165) is 0 Å². The Morgan fingerprint density at radius 3 is 2.15 bits per heavy atom. The van der Waals surface area contributed by atoms with Gasteiger partial charge >= 0.3 is 11.9 Å². The highest BCUT2D eigenvalue weighted by molar-refractivity contribution is 5.97. The topological polar surface area (TPSA) is 72.9 Å². The molecule has 144 valence electrons. The summed E-state index contributed by atoms with van der Waals surface area (Å²) in [7, 11) is 0. The Kier molecular flexibility index (Phi) is 9.41. The number of hydrogen-bond acceptors (Lipinski definition) is 5. The van der Waals surface area contributed by atoms with Crippen LogP contribution in [0.4, 0.5) is 0 Å². The zero-order chi connectivity index (χ0) is 19.5. The van der Waals surface area contributed by atoms with Gasteiger partial charge in [-0.2, -0.15) is 0 Å². The number of carbonyl (C=O) groups excluding carboxylic acids is 3. The third-order valence-electron chi connectivity index (χ3n) is 3.77. The second-order valence-electron chi connectivity index (χ2n) is 6.32. The van der Waals surface area contributed by atoms with Crippen LogP contribution >= 0.6 is 0 Å². The van der Waals surface area contributed by atoms with E-state index in [1.165, 1.54) is 4.90 Å². The number of rotatable bonds is 10. The van der Waals surface area contributed by atoms with E-state index in [0.29, 0.717) is 12.0 Å². The number of esters is 2. The summed E-state index contributed by atoms with van der Waals surface area (Å²) in [6.07, 6.45) is 0.487. The van der Waals surface area contributed by atoms with Crippen LogP contribution in [0.15, 0.2) is 30.3 Å². The van der Waals surface area contributed by atoms with Crippen molar-refractivity contribution in [1.29, 1.82) is 0 Å². The zero-order valence-corrected chi connectivity index (χ0v) is 16.1. The monoisotopic (exact) mass is 363 g/mol. The highest BCUT2D eigenvalue weighted by Crippen LogP contribution is 2.18. The summed E-state index contributed by atoms with van der Waals surface area (Å²) in [5, 5.41) is 0. The molecular formula is C20H29NO5. The lowest BCUT2D eigenvalue weighted by atomic mass is 10.0. The number of benzene rings is 1. The van der Waals surface area contributed by atoms with Crippen LogP contribution in [-0.2, 0) is 19.1 Å². The van der Waals surface area contributed by atoms with Gasteiger partial charge in [0.1, 0.15) is 6.04 Å². The summed E-state index contributed by atoms with van der Waals surface area (Å²) >= 11 is 0. The normalized spacial score (nSPS) is 11.7. The maximum Gasteiger partial charge on any atom is 0.328 e. The van der Waals surface area contributed by atoms with Gasteiger partial charge in [0.15, 0.2) is 0 Å². The highest BCUT2D eigenvalue weighted by Gasteiger charge is 2.32. The maximum atomic E-state index is 13.0. The van der Waals surface area contributed by atoms with Gasteiger partial charge in [0.25, 0.3) is 5.91 Å². The van der Waals surface area contributed by atoms with Gasteiger partial charge in [-0.25, -0.2) is 4.79 Å². The minimum absolute atomic E-state index is 0.0282. The quantitative estimate of drug-likeness (QED) is 0.597. The molecule has 0 saturated heterocycles. The number of nitrogens with zero attached hydrogens (tertiary/aromatic N) is 1. The molecule has 0 heterocycles. The van der Waals surface area contributed by atoms with Crippen molar-refractivity contribution >= 4 is 17.8 Å².